The molecule has 2 rings (SSSR count). The molecule has 5 nitrogen and oxygen atoms in total. The Bertz CT molecular complexity index is 545. The largest absolute Gasteiger partial charge is 0.497 e. The highest BCUT2D eigenvalue weighted by atomic mass is 16.5. The molecule has 0 amide bonds. The normalized spacial score (nSPS) is 22.8. The fraction of sp³-hybridized carbons (Fsp3) is 0.650. The summed E-state index contributed by atoms with van der Waals surface area (Å²) in [6.45, 7) is 7.65. The first-order chi connectivity index (χ1) is 11.9. The van der Waals surface area contributed by atoms with Gasteiger partial charge in [-0.1, -0.05) is 26.0 Å². The molecular formula is C20H34N4O. The van der Waals surface area contributed by atoms with Crippen molar-refractivity contribution in [1.82, 2.24) is 15.1 Å². The van der Waals surface area contributed by atoms with Crippen LogP contribution in [-0.2, 0) is 0 Å². The summed E-state index contributed by atoms with van der Waals surface area (Å²) in [6, 6.07) is 8.60. The number of guanidine groups is 1. The quantitative estimate of drug-likeness (QED) is 0.657. The van der Waals surface area contributed by atoms with Crippen molar-refractivity contribution in [3.8, 4) is 5.75 Å². The summed E-state index contributed by atoms with van der Waals surface area (Å²) >= 11 is 0. The minimum absolute atomic E-state index is 0.280. The smallest absolute Gasteiger partial charge is 0.193 e. The molecule has 1 saturated heterocycles. The highest BCUT2D eigenvalue weighted by Crippen LogP contribution is 2.22. The van der Waals surface area contributed by atoms with Gasteiger partial charge in [0, 0.05) is 26.7 Å². The van der Waals surface area contributed by atoms with Gasteiger partial charge in [-0.05, 0) is 50.0 Å². The Balaban J connectivity index is 2.03. The van der Waals surface area contributed by atoms with E-state index < -0.39 is 0 Å². The van der Waals surface area contributed by atoms with E-state index in [2.05, 4.69) is 60.2 Å². The predicted molar refractivity (Wildman–Crippen MR) is 105 cm³/mol. The van der Waals surface area contributed by atoms with Crippen molar-refractivity contribution in [2.75, 3.05) is 47.9 Å². The van der Waals surface area contributed by atoms with Gasteiger partial charge in [0.1, 0.15) is 5.75 Å². The molecule has 25 heavy (non-hydrogen) atoms. The zero-order valence-electron chi connectivity index (χ0n) is 16.6. The van der Waals surface area contributed by atoms with Crippen LogP contribution in [0.4, 0.5) is 0 Å². The SMILES string of the molecule is CN=C(NCC(c1ccc(OC)cc1)N(C)C)N1CC(C)CC(C)C1. The van der Waals surface area contributed by atoms with Gasteiger partial charge < -0.3 is 19.9 Å². The Kier molecular flexibility index (Phi) is 7.12. The molecule has 3 atom stereocenters. The molecule has 0 aliphatic carbocycles. The van der Waals surface area contributed by atoms with Crippen LogP contribution < -0.4 is 10.1 Å². The van der Waals surface area contributed by atoms with Crippen LogP contribution in [0.1, 0.15) is 31.9 Å². The first-order valence-electron chi connectivity index (χ1n) is 9.20. The highest BCUT2D eigenvalue weighted by Gasteiger charge is 2.24. The van der Waals surface area contributed by atoms with Crippen molar-refractivity contribution in [1.29, 1.82) is 0 Å². The van der Waals surface area contributed by atoms with Crippen LogP contribution in [0.3, 0.4) is 0 Å². The van der Waals surface area contributed by atoms with Crippen LogP contribution in [0, 0.1) is 11.8 Å². The predicted octanol–water partition coefficient (Wildman–Crippen LogP) is 2.85. The number of benzene rings is 1. The van der Waals surface area contributed by atoms with Crippen LogP contribution in [0.2, 0.25) is 0 Å². The number of piperidine rings is 1. The average Bonchev–Trinajstić information content (AvgIpc) is 2.58. The average molecular weight is 347 g/mol. The molecule has 1 N–H and O–H groups in total. The summed E-state index contributed by atoms with van der Waals surface area (Å²) in [5.74, 6) is 3.34. The van der Waals surface area contributed by atoms with Gasteiger partial charge in [-0.2, -0.15) is 0 Å². The number of aliphatic imine (C=N–C) groups is 1. The molecule has 1 aliphatic heterocycles. The number of methoxy groups -OCH3 is 1. The Hall–Kier alpha value is -1.75. The Labute approximate surface area is 153 Å². The summed E-state index contributed by atoms with van der Waals surface area (Å²) in [5, 5.41) is 3.59. The lowest BCUT2D eigenvalue weighted by Gasteiger charge is -2.37. The highest BCUT2D eigenvalue weighted by molar-refractivity contribution is 5.80. The van der Waals surface area contributed by atoms with Gasteiger partial charge in [-0.3, -0.25) is 4.99 Å². The first-order valence-corrected chi connectivity index (χ1v) is 9.20. The second-order valence-electron chi connectivity index (χ2n) is 7.53. The molecule has 5 heteroatoms. The number of rotatable bonds is 5. The van der Waals surface area contributed by atoms with Gasteiger partial charge in [-0.15, -0.1) is 0 Å². The molecular weight excluding hydrogens is 312 g/mol. The van der Waals surface area contributed by atoms with E-state index in [1.54, 1.807) is 7.11 Å². The molecule has 0 spiro atoms. The Morgan fingerprint density at radius 3 is 2.32 bits per heavy atom. The summed E-state index contributed by atoms with van der Waals surface area (Å²) in [7, 11) is 7.81. The molecule has 0 aromatic heterocycles. The maximum Gasteiger partial charge on any atom is 0.193 e. The molecule has 1 aliphatic rings. The Morgan fingerprint density at radius 2 is 1.84 bits per heavy atom. The van der Waals surface area contributed by atoms with Crippen LogP contribution in [0.25, 0.3) is 0 Å². The van der Waals surface area contributed by atoms with Gasteiger partial charge in [0.25, 0.3) is 0 Å². The lowest BCUT2D eigenvalue weighted by molar-refractivity contribution is 0.206. The molecule has 3 unspecified atom stereocenters. The molecule has 140 valence electrons. The van der Waals surface area contributed by atoms with Gasteiger partial charge >= 0.3 is 0 Å². The van der Waals surface area contributed by atoms with E-state index in [0.29, 0.717) is 11.8 Å². The molecule has 0 saturated carbocycles. The van der Waals surface area contributed by atoms with Gasteiger partial charge in [-0.25, -0.2) is 0 Å². The third-order valence-electron chi connectivity index (χ3n) is 4.96. The number of hydrogen-bond donors (Lipinski definition) is 1. The zero-order valence-corrected chi connectivity index (χ0v) is 16.6. The molecule has 0 bridgehead atoms. The van der Waals surface area contributed by atoms with Crippen molar-refractivity contribution in [3.63, 3.8) is 0 Å². The fourth-order valence-corrected chi connectivity index (χ4v) is 3.78. The minimum Gasteiger partial charge on any atom is -0.497 e. The topological polar surface area (TPSA) is 40.1 Å². The third kappa shape index (κ3) is 5.36. The van der Waals surface area contributed by atoms with E-state index in [4.69, 9.17) is 4.74 Å². The van der Waals surface area contributed by atoms with Crippen molar-refractivity contribution in [2.24, 2.45) is 16.8 Å². The second-order valence-corrected chi connectivity index (χ2v) is 7.53. The van der Waals surface area contributed by atoms with E-state index in [1.807, 2.05) is 19.2 Å². The number of nitrogens with zero attached hydrogens (tertiary/aromatic N) is 3. The van der Waals surface area contributed by atoms with E-state index >= 15 is 0 Å². The van der Waals surface area contributed by atoms with Gasteiger partial charge in [0.05, 0.1) is 13.2 Å². The number of hydrogen-bond acceptors (Lipinski definition) is 3. The van der Waals surface area contributed by atoms with Crippen molar-refractivity contribution in [2.45, 2.75) is 26.3 Å². The summed E-state index contributed by atoms with van der Waals surface area (Å²) in [6.07, 6.45) is 1.31. The molecule has 1 fully saturated rings. The number of nitrogens with one attached hydrogen (secondary N) is 1. The first kappa shape index (κ1) is 19.6. The molecule has 1 aromatic rings. The van der Waals surface area contributed by atoms with Crippen LogP contribution in [0.15, 0.2) is 29.3 Å². The number of ether oxygens (including phenoxy) is 1. The minimum atomic E-state index is 0.280. The van der Waals surface area contributed by atoms with E-state index in [1.165, 1.54) is 12.0 Å². The maximum absolute atomic E-state index is 5.27. The van der Waals surface area contributed by atoms with E-state index in [-0.39, 0.29) is 6.04 Å². The summed E-state index contributed by atoms with van der Waals surface area (Å²) in [5.41, 5.74) is 1.27. The monoisotopic (exact) mass is 346 g/mol. The summed E-state index contributed by atoms with van der Waals surface area (Å²) < 4.78 is 5.27. The lowest BCUT2D eigenvalue weighted by atomic mass is 9.92. The Morgan fingerprint density at radius 1 is 1.24 bits per heavy atom. The van der Waals surface area contributed by atoms with Crippen molar-refractivity contribution in [3.05, 3.63) is 29.8 Å². The molecule has 1 heterocycles. The zero-order chi connectivity index (χ0) is 18.4. The molecule has 1 aromatic carbocycles. The number of likely N-dealkylation sites (N-methyl/N-ethyl adjacent to an activating group) is 1. The van der Waals surface area contributed by atoms with Gasteiger partial charge in [0.15, 0.2) is 5.96 Å². The van der Waals surface area contributed by atoms with Gasteiger partial charge in [0.2, 0.25) is 0 Å². The summed E-state index contributed by atoms with van der Waals surface area (Å²) in [4.78, 5) is 9.17. The molecule has 0 radical (unpaired) electrons. The maximum atomic E-state index is 5.27. The van der Waals surface area contributed by atoms with Crippen LogP contribution in [0.5, 0.6) is 5.75 Å². The lowest BCUT2D eigenvalue weighted by Crippen LogP contribution is -2.49. The fourth-order valence-electron chi connectivity index (χ4n) is 3.78. The van der Waals surface area contributed by atoms with Crippen molar-refractivity contribution >= 4 is 5.96 Å². The second kappa shape index (κ2) is 9.09. The van der Waals surface area contributed by atoms with E-state index in [9.17, 15) is 0 Å². The van der Waals surface area contributed by atoms with Crippen LogP contribution >= 0.6 is 0 Å². The standard InChI is InChI=1S/C20H34N4O/c1-15-11-16(2)14-24(13-15)20(21-3)22-12-19(23(4)5)17-7-9-18(25-6)10-8-17/h7-10,15-16,19H,11-14H2,1-6H3,(H,21,22). The van der Waals surface area contributed by atoms with Crippen LogP contribution in [-0.4, -0.2) is 63.6 Å². The third-order valence-corrected chi connectivity index (χ3v) is 4.96. The van der Waals surface area contributed by atoms with Crippen molar-refractivity contribution < 1.29 is 4.74 Å². The van der Waals surface area contributed by atoms with E-state index in [0.717, 1.165) is 31.3 Å². The number of likely N-dealkylation sites (tertiary alicyclic amines) is 1.